The maximum Gasteiger partial charge on any atom is 0.305 e. The van der Waals surface area contributed by atoms with Crippen LogP contribution in [0.25, 0.3) is 0 Å². The van der Waals surface area contributed by atoms with Crippen LogP contribution in [0.15, 0.2) is 16.5 Å². The van der Waals surface area contributed by atoms with Crippen molar-refractivity contribution < 1.29 is 18.7 Å². The summed E-state index contributed by atoms with van der Waals surface area (Å²) >= 11 is 5.82. The van der Waals surface area contributed by atoms with Gasteiger partial charge in [-0.2, -0.15) is 0 Å². The molecular formula is C12H16ClNO4. The Morgan fingerprint density at radius 3 is 2.78 bits per heavy atom. The van der Waals surface area contributed by atoms with E-state index in [-0.39, 0.29) is 29.4 Å². The fraction of sp³-hybridized carbons (Fsp3) is 0.500. The van der Waals surface area contributed by atoms with Gasteiger partial charge in [0.1, 0.15) is 5.76 Å². The number of ether oxygens (including phenoxy) is 1. The van der Waals surface area contributed by atoms with E-state index in [1.165, 1.54) is 7.11 Å². The topological polar surface area (TPSA) is 68.5 Å². The van der Waals surface area contributed by atoms with E-state index in [0.717, 1.165) is 0 Å². The van der Waals surface area contributed by atoms with Gasteiger partial charge in [0.2, 0.25) is 0 Å². The van der Waals surface area contributed by atoms with Crippen LogP contribution in [0.4, 0.5) is 0 Å². The molecule has 18 heavy (non-hydrogen) atoms. The van der Waals surface area contributed by atoms with Gasteiger partial charge < -0.3 is 14.5 Å². The van der Waals surface area contributed by atoms with Gasteiger partial charge in [0, 0.05) is 13.0 Å². The summed E-state index contributed by atoms with van der Waals surface area (Å²) in [6, 6.07) is 3.24. The molecule has 0 saturated carbocycles. The maximum atomic E-state index is 11.6. The Balaban J connectivity index is 2.34. The number of nitrogens with one attached hydrogen (secondary N) is 1. The quantitative estimate of drug-likeness (QED) is 0.490. The molecule has 0 saturated heterocycles. The van der Waals surface area contributed by atoms with Crippen LogP contribution in [-0.2, 0) is 9.53 Å². The summed E-state index contributed by atoms with van der Waals surface area (Å²) < 4.78 is 9.76. The second-order valence-electron chi connectivity index (χ2n) is 3.75. The van der Waals surface area contributed by atoms with Crippen LogP contribution in [0, 0.1) is 0 Å². The van der Waals surface area contributed by atoms with Gasteiger partial charge in [0.05, 0.1) is 12.5 Å². The molecule has 0 aliphatic rings. The molecule has 0 fully saturated rings. The van der Waals surface area contributed by atoms with E-state index in [4.69, 9.17) is 16.0 Å². The van der Waals surface area contributed by atoms with Gasteiger partial charge in [0.25, 0.3) is 5.91 Å². The second kappa shape index (κ2) is 7.06. The van der Waals surface area contributed by atoms with Gasteiger partial charge >= 0.3 is 5.97 Å². The monoisotopic (exact) mass is 273 g/mol. The summed E-state index contributed by atoms with van der Waals surface area (Å²) in [7, 11) is 1.33. The molecular weight excluding hydrogens is 258 g/mol. The first-order chi connectivity index (χ1) is 8.54. The number of alkyl halides is 1. The van der Waals surface area contributed by atoms with Crippen molar-refractivity contribution in [1.82, 2.24) is 5.32 Å². The standard InChI is InChI=1S/C12H16ClNO4/c1-8(13)9-5-6-10(18-9)12(16)14-7-3-4-11(15)17-2/h5-6,8H,3-4,7H2,1-2H3,(H,14,16). The normalized spacial score (nSPS) is 11.9. The molecule has 5 nitrogen and oxygen atoms in total. The zero-order chi connectivity index (χ0) is 13.5. The first-order valence-electron chi connectivity index (χ1n) is 5.63. The summed E-state index contributed by atoms with van der Waals surface area (Å²) in [6.45, 7) is 2.15. The highest BCUT2D eigenvalue weighted by Crippen LogP contribution is 2.21. The molecule has 1 N–H and O–H groups in total. The van der Waals surface area contributed by atoms with Crippen LogP contribution in [0.5, 0.6) is 0 Å². The summed E-state index contributed by atoms with van der Waals surface area (Å²) in [6.07, 6.45) is 0.802. The Bertz CT molecular complexity index is 414. The van der Waals surface area contributed by atoms with Crippen LogP contribution in [0.1, 0.15) is 41.5 Å². The van der Waals surface area contributed by atoms with Crippen LogP contribution >= 0.6 is 11.6 Å². The minimum atomic E-state index is -0.316. The fourth-order valence-corrected chi connectivity index (χ4v) is 1.43. The zero-order valence-electron chi connectivity index (χ0n) is 10.4. The molecule has 1 aromatic heterocycles. The van der Waals surface area contributed by atoms with E-state index in [9.17, 15) is 9.59 Å². The second-order valence-corrected chi connectivity index (χ2v) is 4.41. The highest BCUT2D eigenvalue weighted by molar-refractivity contribution is 6.20. The van der Waals surface area contributed by atoms with Gasteiger partial charge in [-0.05, 0) is 25.5 Å². The molecule has 0 aromatic carbocycles. The number of furan rings is 1. The van der Waals surface area contributed by atoms with Crippen molar-refractivity contribution in [3.63, 3.8) is 0 Å². The summed E-state index contributed by atoms with van der Waals surface area (Å²) in [5, 5.41) is 2.37. The zero-order valence-corrected chi connectivity index (χ0v) is 11.1. The number of carbonyl (C=O) groups excluding carboxylic acids is 2. The van der Waals surface area contributed by atoms with E-state index < -0.39 is 0 Å². The first kappa shape index (κ1) is 14.6. The number of halogens is 1. The van der Waals surface area contributed by atoms with E-state index in [1.807, 2.05) is 0 Å². The molecule has 1 unspecified atom stereocenters. The Hall–Kier alpha value is -1.49. The Morgan fingerprint density at radius 2 is 2.22 bits per heavy atom. The van der Waals surface area contributed by atoms with Crippen molar-refractivity contribution >= 4 is 23.5 Å². The minimum absolute atomic E-state index is 0.218. The van der Waals surface area contributed by atoms with Crippen molar-refractivity contribution in [2.75, 3.05) is 13.7 Å². The van der Waals surface area contributed by atoms with Gasteiger partial charge in [-0.3, -0.25) is 9.59 Å². The van der Waals surface area contributed by atoms with Gasteiger partial charge in [0.15, 0.2) is 5.76 Å². The van der Waals surface area contributed by atoms with Crippen molar-refractivity contribution in [1.29, 1.82) is 0 Å². The van der Waals surface area contributed by atoms with Crippen molar-refractivity contribution in [3.05, 3.63) is 23.7 Å². The van der Waals surface area contributed by atoms with Gasteiger partial charge in [-0.25, -0.2) is 0 Å². The molecule has 0 aliphatic carbocycles. The van der Waals surface area contributed by atoms with Crippen LogP contribution in [-0.4, -0.2) is 25.5 Å². The average Bonchev–Trinajstić information content (AvgIpc) is 2.83. The van der Waals surface area contributed by atoms with Gasteiger partial charge in [-0.15, -0.1) is 11.6 Å². The lowest BCUT2D eigenvalue weighted by Crippen LogP contribution is -2.24. The summed E-state index contributed by atoms with van der Waals surface area (Å²) in [4.78, 5) is 22.5. The number of hydrogen-bond donors (Lipinski definition) is 1. The molecule has 0 bridgehead atoms. The van der Waals surface area contributed by atoms with Crippen LogP contribution in [0.3, 0.4) is 0 Å². The van der Waals surface area contributed by atoms with Crippen LogP contribution < -0.4 is 5.32 Å². The van der Waals surface area contributed by atoms with E-state index in [2.05, 4.69) is 10.1 Å². The van der Waals surface area contributed by atoms with Crippen LogP contribution in [0.2, 0.25) is 0 Å². The number of amides is 1. The molecule has 1 heterocycles. The molecule has 0 aliphatic heterocycles. The van der Waals surface area contributed by atoms with Crippen molar-refractivity contribution in [2.24, 2.45) is 0 Å². The predicted octanol–water partition coefficient (Wildman–Crippen LogP) is 2.26. The maximum absolute atomic E-state index is 11.6. The highest BCUT2D eigenvalue weighted by atomic mass is 35.5. The van der Waals surface area contributed by atoms with E-state index in [0.29, 0.717) is 18.7 Å². The molecule has 0 radical (unpaired) electrons. The summed E-state index contributed by atoms with van der Waals surface area (Å²) in [5.41, 5.74) is 0. The number of methoxy groups -OCH3 is 1. The minimum Gasteiger partial charge on any atom is -0.469 e. The average molecular weight is 274 g/mol. The predicted molar refractivity (Wildman–Crippen MR) is 66.6 cm³/mol. The van der Waals surface area contributed by atoms with Crippen molar-refractivity contribution in [3.8, 4) is 0 Å². The third-order valence-corrected chi connectivity index (χ3v) is 2.53. The highest BCUT2D eigenvalue weighted by Gasteiger charge is 2.13. The fourth-order valence-electron chi connectivity index (χ4n) is 1.31. The Morgan fingerprint density at radius 1 is 1.50 bits per heavy atom. The molecule has 6 heteroatoms. The lowest BCUT2D eigenvalue weighted by Gasteiger charge is -2.02. The summed E-state index contributed by atoms with van der Waals surface area (Å²) in [5.74, 6) is 0.163. The van der Waals surface area contributed by atoms with E-state index in [1.54, 1.807) is 19.1 Å². The molecule has 1 rings (SSSR count). The third-order valence-electron chi connectivity index (χ3n) is 2.31. The number of rotatable bonds is 6. The lowest BCUT2D eigenvalue weighted by molar-refractivity contribution is -0.140. The lowest BCUT2D eigenvalue weighted by atomic mass is 10.3. The molecule has 1 atom stereocenters. The van der Waals surface area contributed by atoms with Gasteiger partial charge in [-0.1, -0.05) is 0 Å². The Labute approximate surface area is 110 Å². The largest absolute Gasteiger partial charge is 0.469 e. The molecule has 1 aromatic rings. The SMILES string of the molecule is COC(=O)CCCNC(=O)c1ccc(C(C)Cl)o1. The Kier molecular flexibility index (Phi) is 5.71. The molecule has 0 spiro atoms. The number of carbonyl (C=O) groups is 2. The smallest absolute Gasteiger partial charge is 0.305 e. The number of hydrogen-bond acceptors (Lipinski definition) is 4. The third kappa shape index (κ3) is 4.41. The first-order valence-corrected chi connectivity index (χ1v) is 6.07. The van der Waals surface area contributed by atoms with Crippen molar-refractivity contribution in [2.45, 2.75) is 25.1 Å². The number of esters is 1. The molecule has 100 valence electrons. The van der Waals surface area contributed by atoms with E-state index >= 15 is 0 Å². The molecule has 1 amide bonds.